The van der Waals surface area contributed by atoms with E-state index in [4.69, 9.17) is 0 Å². The number of carbonyl (C=O) groups excluding carboxylic acids is 2. The molecule has 16 heavy (non-hydrogen) atoms. The average Bonchev–Trinajstić information content (AvgIpc) is 2.29. The first kappa shape index (κ1) is 11.8. The number of hydrogen-bond donors (Lipinski definition) is 2. The zero-order chi connectivity index (χ0) is 12.0. The topological polar surface area (TPSA) is 67.4 Å². The van der Waals surface area contributed by atoms with Gasteiger partial charge >= 0.3 is 12.0 Å². The van der Waals surface area contributed by atoms with Crippen molar-refractivity contribution >= 4 is 17.7 Å². The largest absolute Gasteiger partial charge is 0.465 e. The minimum atomic E-state index is -0.415. The van der Waals surface area contributed by atoms with Crippen molar-refractivity contribution in [2.24, 2.45) is 0 Å². The summed E-state index contributed by atoms with van der Waals surface area (Å²) >= 11 is 0. The Hall–Kier alpha value is -2.30. The van der Waals surface area contributed by atoms with Crippen LogP contribution in [0.3, 0.4) is 0 Å². The highest BCUT2D eigenvalue weighted by molar-refractivity contribution is 5.92. The Kier molecular flexibility index (Phi) is 4.08. The zero-order valence-electron chi connectivity index (χ0n) is 8.82. The van der Waals surface area contributed by atoms with Gasteiger partial charge in [-0.25, -0.2) is 9.59 Å². The second-order valence-electron chi connectivity index (χ2n) is 2.87. The summed E-state index contributed by atoms with van der Waals surface area (Å²) in [5, 5.41) is 4.92. The number of nitrogens with one attached hydrogen (secondary N) is 2. The van der Waals surface area contributed by atoms with Crippen LogP contribution in [0.2, 0.25) is 0 Å². The van der Waals surface area contributed by atoms with Crippen molar-refractivity contribution in [1.29, 1.82) is 0 Å². The number of hydrogen-bond acceptors (Lipinski definition) is 3. The van der Waals surface area contributed by atoms with Crippen molar-refractivity contribution in [3.8, 4) is 0 Å². The second-order valence-corrected chi connectivity index (χ2v) is 2.87. The van der Waals surface area contributed by atoms with Gasteiger partial charge in [-0.05, 0) is 30.5 Å². The number of amides is 2. The number of anilines is 1. The average molecular weight is 220 g/mol. The van der Waals surface area contributed by atoms with Gasteiger partial charge in [-0.1, -0.05) is 6.58 Å². The van der Waals surface area contributed by atoms with Crippen LogP contribution in [0.15, 0.2) is 37.0 Å². The van der Waals surface area contributed by atoms with E-state index >= 15 is 0 Å². The number of carbonyl (C=O) groups is 2. The Morgan fingerprint density at radius 2 is 1.94 bits per heavy atom. The summed E-state index contributed by atoms with van der Waals surface area (Å²) in [7, 11) is 1.31. The number of ether oxygens (including phenoxy) is 1. The van der Waals surface area contributed by atoms with E-state index in [1.807, 2.05) is 0 Å². The monoisotopic (exact) mass is 220 g/mol. The van der Waals surface area contributed by atoms with Crippen LogP contribution in [-0.4, -0.2) is 19.1 Å². The van der Waals surface area contributed by atoms with Gasteiger partial charge in [0.25, 0.3) is 0 Å². The van der Waals surface area contributed by atoms with Crippen molar-refractivity contribution in [2.75, 3.05) is 12.4 Å². The van der Waals surface area contributed by atoms with E-state index in [1.165, 1.54) is 13.3 Å². The SMILES string of the molecule is C=CNC(=O)Nc1ccc(C(=O)OC)cc1. The standard InChI is InChI=1S/C11H12N2O3/c1-3-12-11(15)13-9-6-4-8(5-7-9)10(14)16-2/h3-7H,1H2,2H3,(H2,12,13,15). The fourth-order valence-electron chi connectivity index (χ4n) is 1.07. The molecular formula is C11H12N2O3. The molecule has 0 unspecified atom stereocenters. The van der Waals surface area contributed by atoms with E-state index in [0.29, 0.717) is 11.3 Å². The van der Waals surface area contributed by atoms with Crippen LogP contribution >= 0.6 is 0 Å². The molecular weight excluding hydrogens is 208 g/mol. The molecule has 2 amide bonds. The molecule has 0 aliphatic carbocycles. The Morgan fingerprint density at radius 1 is 1.31 bits per heavy atom. The summed E-state index contributed by atoms with van der Waals surface area (Å²) in [6.45, 7) is 3.36. The molecule has 0 bridgehead atoms. The van der Waals surface area contributed by atoms with Crippen molar-refractivity contribution in [3.05, 3.63) is 42.6 Å². The van der Waals surface area contributed by atoms with Crippen LogP contribution in [0.4, 0.5) is 10.5 Å². The highest BCUT2D eigenvalue weighted by atomic mass is 16.5. The number of methoxy groups -OCH3 is 1. The van der Waals surface area contributed by atoms with Crippen LogP contribution in [-0.2, 0) is 4.74 Å². The predicted molar refractivity (Wildman–Crippen MR) is 60.1 cm³/mol. The minimum Gasteiger partial charge on any atom is -0.465 e. The lowest BCUT2D eigenvalue weighted by atomic mass is 10.2. The van der Waals surface area contributed by atoms with Crippen LogP contribution in [0.25, 0.3) is 0 Å². The first-order chi connectivity index (χ1) is 7.67. The van der Waals surface area contributed by atoms with Gasteiger partial charge in [0, 0.05) is 5.69 Å². The molecule has 5 heteroatoms. The van der Waals surface area contributed by atoms with Gasteiger partial charge in [0.15, 0.2) is 0 Å². The van der Waals surface area contributed by atoms with Gasteiger partial charge < -0.3 is 15.4 Å². The number of urea groups is 1. The van der Waals surface area contributed by atoms with Crippen LogP contribution in [0.5, 0.6) is 0 Å². The van der Waals surface area contributed by atoms with Crippen molar-refractivity contribution in [3.63, 3.8) is 0 Å². The van der Waals surface area contributed by atoms with Gasteiger partial charge in [-0.2, -0.15) is 0 Å². The fraction of sp³-hybridized carbons (Fsp3) is 0.0909. The second kappa shape index (κ2) is 5.55. The molecule has 0 aromatic heterocycles. The van der Waals surface area contributed by atoms with Crippen LogP contribution in [0, 0.1) is 0 Å². The maximum Gasteiger partial charge on any atom is 0.337 e. The first-order valence-corrected chi connectivity index (χ1v) is 4.54. The normalized spacial score (nSPS) is 9.06. The van der Waals surface area contributed by atoms with Gasteiger partial charge in [0.05, 0.1) is 12.7 Å². The molecule has 1 aromatic rings. The molecule has 0 aliphatic heterocycles. The molecule has 1 aromatic carbocycles. The summed E-state index contributed by atoms with van der Waals surface area (Å²) in [5.41, 5.74) is 1.00. The quantitative estimate of drug-likeness (QED) is 0.762. The summed E-state index contributed by atoms with van der Waals surface area (Å²) in [4.78, 5) is 22.2. The maximum absolute atomic E-state index is 11.1. The van der Waals surface area contributed by atoms with Gasteiger partial charge in [-0.3, -0.25) is 0 Å². The lowest BCUT2D eigenvalue weighted by Gasteiger charge is -2.05. The molecule has 5 nitrogen and oxygen atoms in total. The molecule has 0 heterocycles. The van der Waals surface area contributed by atoms with Crippen LogP contribution < -0.4 is 10.6 Å². The maximum atomic E-state index is 11.1. The molecule has 0 radical (unpaired) electrons. The van der Waals surface area contributed by atoms with Gasteiger partial charge in [0.2, 0.25) is 0 Å². The molecule has 0 saturated heterocycles. The molecule has 0 fully saturated rings. The highest BCUT2D eigenvalue weighted by Crippen LogP contribution is 2.10. The Morgan fingerprint density at radius 3 is 2.44 bits per heavy atom. The molecule has 0 atom stereocenters. The summed E-state index contributed by atoms with van der Waals surface area (Å²) in [6, 6.07) is 5.95. The van der Waals surface area contributed by atoms with Crippen molar-refractivity contribution in [1.82, 2.24) is 5.32 Å². The molecule has 84 valence electrons. The van der Waals surface area contributed by atoms with Crippen molar-refractivity contribution < 1.29 is 14.3 Å². The smallest absolute Gasteiger partial charge is 0.337 e. The number of rotatable bonds is 3. The lowest BCUT2D eigenvalue weighted by molar-refractivity contribution is 0.0601. The molecule has 0 aliphatic rings. The van der Waals surface area contributed by atoms with E-state index in [0.717, 1.165) is 0 Å². The first-order valence-electron chi connectivity index (χ1n) is 4.54. The molecule has 0 saturated carbocycles. The minimum absolute atomic E-state index is 0.388. The number of benzene rings is 1. The Balaban J connectivity index is 2.68. The zero-order valence-corrected chi connectivity index (χ0v) is 8.82. The van der Waals surface area contributed by atoms with Gasteiger partial charge in [0.1, 0.15) is 0 Å². The van der Waals surface area contributed by atoms with E-state index in [-0.39, 0.29) is 6.03 Å². The third-order valence-electron chi connectivity index (χ3n) is 1.80. The predicted octanol–water partition coefficient (Wildman–Crippen LogP) is 1.74. The van der Waals surface area contributed by atoms with E-state index < -0.39 is 5.97 Å². The lowest BCUT2D eigenvalue weighted by Crippen LogP contribution is -2.23. The molecule has 1 rings (SSSR count). The Labute approximate surface area is 93.1 Å². The van der Waals surface area contributed by atoms with Crippen molar-refractivity contribution in [2.45, 2.75) is 0 Å². The summed E-state index contributed by atoms with van der Waals surface area (Å²) in [6.07, 6.45) is 1.28. The Bertz CT molecular complexity index is 398. The van der Waals surface area contributed by atoms with E-state index in [2.05, 4.69) is 21.9 Å². The van der Waals surface area contributed by atoms with Gasteiger partial charge in [-0.15, -0.1) is 0 Å². The fourth-order valence-corrected chi connectivity index (χ4v) is 1.07. The third kappa shape index (κ3) is 3.13. The van der Waals surface area contributed by atoms with E-state index in [9.17, 15) is 9.59 Å². The van der Waals surface area contributed by atoms with E-state index in [1.54, 1.807) is 24.3 Å². The summed E-state index contributed by atoms with van der Waals surface area (Å²) in [5.74, 6) is -0.415. The molecule has 0 spiro atoms. The third-order valence-corrected chi connectivity index (χ3v) is 1.80. The van der Waals surface area contributed by atoms with Crippen LogP contribution in [0.1, 0.15) is 10.4 Å². The highest BCUT2D eigenvalue weighted by Gasteiger charge is 2.05. The number of esters is 1. The summed E-state index contributed by atoms with van der Waals surface area (Å²) < 4.78 is 4.54. The molecule has 2 N–H and O–H groups in total.